The van der Waals surface area contributed by atoms with Gasteiger partial charge in [-0.05, 0) is 19.3 Å². The van der Waals surface area contributed by atoms with Gasteiger partial charge in [0.05, 0.1) is 17.9 Å². The number of unbranched alkanes of at least 4 members (excludes halogenated alkanes) is 25. The lowest BCUT2D eigenvalue weighted by Crippen LogP contribution is -2.50. The summed E-state index contributed by atoms with van der Waals surface area (Å²) in [6.07, 6.45) is 34.3. The fourth-order valence-corrected chi connectivity index (χ4v) is 6.60. The molecule has 0 radical (unpaired) electrons. The minimum atomic E-state index is -4.43. The fraction of sp³-hybridized carbons (Fsp3) is 0.919. The lowest BCUT2D eigenvalue weighted by molar-refractivity contribution is -0.130. The Morgan fingerprint density at radius 1 is 0.600 bits per heavy atom. The maximum Gasteiger partial charge on any atom is 0.267 e. The molecule has 0 aromatic rings. The molecule has 0 bridgehead atoms. The molecule has 0 aliphatic heterocycles. The molecule has 0 spiro atoms. The smallest absolute Gasteiger partial charge is 0.267 e. The van der Waals surface area contributed by atoms with Crippen molar-refractivity contribution in [3.8, 4) is 0 Å². The number of aliphatic hydroxyl groups is 2. The van der Waals surface area contributed by atoms with Gasteiger partial charge in [0, 0.05) is 0 Å². The number of hydrogen-bond donors (Lipinski definition) is 4. The Kier molecular flexibility index (Phi) is 31.0. The quantitative estimate of drug-likeness (QED) is 0.0310. The Bertz CT molecular complexity index is 788. The summed E-state index contributed by atoms with van der Waals surface area (Å²) in [6, 6.07) is -1.22. The third-order valence-corrected chi connectivity index (χ3v) is 9.60. The number of allylic oxidation sites excluding steroid dienone is 1. The first kappa shape index (κ1) is 44.0. The Labute approximate surface area is 278 Å². The summed E-state index contributed by atoms with van der Waals surface area (Å²) in [5.41, 5.74) is 0. The van der Waals surface area contributed by atoms with Gasteiger partial charge >= 0.3 is 0 Å². The molecule has 0 aliphatic carbocycles. The van der Waals surface area contributed by atoms with Gasteiger partial charge in [0.2, 0.25) is 5.91 Å². The molecule has 4 N–H and O–H groups in total. The molecule has 45 heavy (non-hydrogen) atoms. The van der Waals surface area contributed by atoms with Crippen molar-refractivity contribution >= 4 is 16.0 Å². The van der Waals surface area contributed by atoms with Crippen molar-refractivity contribution in [1.29, 1.82) is 0 Å². The van der Waals surface area contributed by atoms with Gasteiger partial charge < -0.3 is 15.5 Å². The maximum absolute atomic E-state index is 12.5. The van der Waals surface area contributed by atoms with E-state index in [1.807, 2.05) is 0 Å². The zero-order valence-electron chi connectivity index (χ0n) is 29.4. The van der Waals surface area contributed by atoms with Gasteiger partial charge in [-0.3, -0.25) is 9.35 Å². The first-order chi connectivity index (χ1) is 21.7. The molecule has 0 aliphatic rings. The van der Waals surface area contributed by atoms with E-state index >= 15 is 0 Å². The van der Waals surface area contributed by atoms with Gasteiger partial charge in [-0.25, -0.2) is 0 Å². The number of rotatable bonds is 34. The van der Waals surface area contributed by atoms with Crippen LogP contribution in [0.4, 0.5) is 0 Å². The number of amides is 1. The summed E-state index contributed by atoms with van der Waals surface area (Å²) in [5, 5.41) is 23.2. The van der Waals surface area contributed by atoms with Crippen molar-refractivity contribution < 1.29 is 28.0 Å². The molecule has 1 amide bonds. The molecule has 0 saturated carbocycles. The van der Waals surface area contributed by atoms with Crippen molar-refractivity contribution in [2.45, 2.75) is 212 Å². The van der Waals surface area contributed by atoms with Crippen molar-refractivity contribution in [3.63, 3.8) is 0 Å². The highest BCUT2D eigenvalue weighted by Crippen LogP contribution is 2.15. The minimum absolute atomic E-state index is 0.282. The first-order valence-corrected chi connectivity index (χ1v) is 20.6. The van der Waals surface area contributed by atoms with Gasteiger partial charge in [0.15, 0.2) is 0 Å². The Balaban J connectivity index is 3.98. The number of nitrogens with one attached hydrogen (secondary N) is 1. The van der Waals surface area contributed by atoms with Crippen LogP contribution in [0.5, 0.6) is 0 Å². The predicted octanol–water partition coefficient (Wildman–Crippen LogP) is 9.60. The third-order valence-electron chi connectivity index (χ3n) is 8.82. The average Bonchev–Trinajstić information content (AvgIpc) is 3.00. The van der Waals surface area contributed by atoms with Gasteiger partial charge in [0.1, 0.15) is 6.10 Å². The highest BCUT2D eigenvalue weighted by atomic mass is 32.2. The van der Waals surface area contributed by atoms with Gasteiger partial charge in [-0.2, -0.15) is 8.42 Å². The average molecular weight is 660 g/mol. The largest absolute Gasteiger partial charge is 0.387 e. The van der Waals surface area contributed by atoms with Crippen molar-refractivity contribution in [1.82, 2.24) is 5.32 Å². The van der Waals surface area contributed by atoms with Gasteiger partial charge in [0.25, 0.3) is 10.1 Å². The van der Waals surface area contributed by atoms with E-state index in [2.05, 4.69) is 19.2 Å². The second-order valence-electron chi connectivity index (χ2n) is 13.4. The highest BCUT2D eigenvalue weighted by Gasteiger charge is 2.27. The van der Waals surface area contributed by atoms with Crippen LogP contribution in [0.3, 0.4) is 0 Å². The van der Waals surface area contributed by atoms with Crippen LogP contribution in [0.25, 0.3) is 0 Å². The molecule has 0 fully saturated rings. The lowest BCUT2D eigenvalue weighted by Gasteiger charge is -2.22. The molecule has 8 heteroatoms. The number of carbonyl (C=O) groups is 1. The summed E-state index contributed by atoms with van der Waals surface area (Å²) >= 11 is 0. The summed E-state index contributed by atoms with van der Waals surface area (Å²) in [7, 11) is -4.43. The van der Waals surface area contributed by atoms with E-state index in [1.54, 1.807) is 6.08 Å². The van der Waals surface area contributed by atoms with Crippen LogP contribution >= 0.6 is 0 Å². The molecule has 268 valence electrons. The van der Waals surface area contributed by atoms with Crippen molar-refractivity contribution in [2.75, 3.05) is 5.75 Å². The SMILES string of the molecule is CCCCCCCCCCCCCCCCCCCC/C=C/C(O)C(CS(=O)(=O)O)NC(=O)C(O)CCCCCCCCCC. The summed E-state index contributed by atoms with van der Waals surface area (Å²) in [5.74, 6) is -1.53. The highest BCUT2D eigenvalue weighted by molar-refractivity contribution is 7.85. The van der Waals surface area contributed by atoms with E-state index in [-0.39, 0.29) is 6.42 Å². The normalized spacial score (nSPS) is 14.2. The van der Waals surface area contributed by atoms with Crippen LogP contribution in [0, 0.1) is 0 Å². The molecule has 0 aromatic carbocycles. The van der Waals surface area contributed by atoms with Crippen LogP contribution in [-0.4, -0.2) is 53.1 Å². The zero-order valence-corrected chi connectivity index (χ0v) is 30.2. The standard InChI is InChI=1S/C37H73NO6S/c1-3-5-7-9-11-13-14-15-16-17-18-19-20-21-22-23-24-26-27-29-31-35(39)34(33-45(42,43)44)38-37(41)36(40)32-30-28-25-12-10-8-6-4-2/h29,31,34-36,39-40H,3-28,30,32-33H2,1-2H3,(H,38,41)(H,42,43,44)/b31-29+. The maximum atomic E-state index is 12.5. The van der Waals surface area contributed by atoms with E-state index < -0.39 is 40.0 Å². The fourth-order valence-electron chi connectivity index (χ4n) is 5.87. The monoisotopic (exact) mass is 660 g/mol. The second kappa shape index (κ2) is 31.6. The number of aliphatic hydroxyl groups excluding tert-OH is 2. The van der Waals surface area contributed by atoms with E-state index in [0.29, 0.717) is 6.42 Å². The van der Waals surface area contributed by atoms with Gasteiger partial charge in [-0.1, -0.05) is 187 Å². The lowest BCUT2D eigenvalue weighted by atomic mass is 10.0. The summed E-state index contributed by atoms with van der Waals surface area (Å²) < 4.78 is 32.3. The molecule has 0 rings (SSSR count). The summed E-state index contributed by atoms with van der Waals surface area (Å²) in [4.78, 5) is 12.5. The molecule has 0 heterocycles. The van der Waals surface area contributed by atoms with Gasteiger partial charge in [-0.15, -0.1) is 0 Å². The number of carbonyl (C=O) groups excluding carboxylic acids is 1. The molecule has 3 atom stereocenters. The zero-order chi connectivity index (χ0) is 33.4. The van der Waals surface area contributed by atoms with Crippen LogP contribution in [0.2, 0.25) is 0 Å². The Hall–Kier alpha value is -0.960. The molecule has 0 aromatic heterocycles. The van der Waals surface area contributed by atoms with E-state index in [4.69, 9.17) is 0 Å². The summed E-state index contributed by atoms with van der Waals surface area (Å²) in [6.45, 7) is 4.46. The Morgan fingerprint density at radius 2 is 0.956 bits per heavy atom. The van der Waals surface area contributed by atoms with E-state index in [1.165, 1.54) is 134 Å². The van der Waals surface area contributed by atoms with Crippen LogP contribution in [0.1, 0.15) is 194 Å². The number of hydrogen-bond acceptors (Lipinski definition) is 5. The molecule has 7 nitrogen and oxygen atoms in total. The molecular weight excluding hydrogens is 586 g/mol. The van der Waals surface area contributed by atoms with Crippen LogP contribution in [-0.2, 0) is 14.9 Å². The molecular formula is C37H73NO6S. The molecule has 0 saturated heterocycles. The molecule has 3 unspecified atom stereocenters. The second-order valence-corrected chi connectivity index (χ2v) is 14.9. The Morgan fingerprint density at radius 3 is 1.33 bits per heavy atom. The third kappa shape index (κ3) is 31.4. The van der Waals surface area contributed by atoms with Crippen molar-refractivity contribution in [3.05, 3.63) is 12.2 Å². The predicted molar refractivity (Wildman–Crippen MR) is 190 cm³/mol. The topological polar surface area (TPSA) is 124 Å². The van der Waals surface area contributed by atoms with Crippen LogP contribution < -0.4 is 5.32 Å². The minimum Gasteiger partial charge on any atom is -0.387 e. The van der Waals surface area contributed by atoms with Crippen molar-refractivity contribution in [2.24, 2.45) is 0 Å². The van der Waals surface area contributed by atoms with Crippen LogP contribution in [0.15, 0.2) is 12.2 Å². The first-order valence-electron chi connectivity index (χ1n) is 19.0. The van der Waals surface area contributed by atoms with E-state index in [0.717, 1.165) is 38.5 Å². The van der Waals surface area contributed by atoms with E-state index in [9.17, 15) is 28.0 Å².